The van der Waals surface area contributed by atoms with Gasteiger partial charge >= 0.3 is 5.56 Å². The fourth-order valence-electron chi connectivity index (χ4n) is 4.12. The molecule has 140 valence electrons. The average molecular weight is 410 g/mol. The molecular weight excluding hydrogens is 394 g/mol. The van der Waals surface area contributed by atoms with Crippen molar-refractivity contribution < 1.29 is 9.67 Å². The van der Waals surface area contributed by atoms with Gasteiger partial charge in [-0.15, -0.1) is 11.3 Å². The van der Waals surface area contributed by atoms with Gasteiger partial charge in [0.15, 0.2) is 4.47 Å². The van der Waals surface area contributed by atoms with E-state index >= 15 is 0 Å². The minimum atomic E-state index is -0.235. The fourth-order valence-corrected chi connectivity index (χ4v) is 5.08. The van der Waals surface area contributed by atoms with E-state index in [4.69, 9.17) is 11.6 Å². The summed E-state index contributed by atoms with van der Waals surface area (Å²) in [6, 6.07) is 13.5. The lowest BCUT2D eigenvalue weighted by atomic mass is 9.94. The summed E-state index contributed by atoms with van der Waals surface area (Å²) in [4.78, 5) is 18.2. The first kappa shape index (κ1) is 17.4. The van der Waals surface area contributed by atoms with Crippen molar-refractivity contribution in [2.24, 2.45) is 0 Å². The molecule has 0 fully saturated rings. The largest absolute Gasteiger partial charge is 0.842 e. The third-order valence-corrected chi connectivity index (χ3v) is 6.46. The molecule has 1 aliphatic carbocycles. The van der Waals surface area contributed by atoms with Crippen LogP contribution < -0.4 is 15.2 Å². The van der Waals surface area contributed by atoms with E-state index in [1.54, 1.807) is 33.5 Å². The molecule has 1 aliphatic rings. The highest BCUT2D eigenvalue weighted by atomic mass is 35.5. The molecule has 4 aromatic rings. The van der Waals surface area contributed by atoms with E-state index in [-0.39, 0.29) is 17.4 Å². The SMILES string of the molecule is O=c1c(C2CCc3ccccc32)c([O-])[n+](Cc2cnc(Cl)s2)c2ccccn12. The molecule has 0 radical (unpaired) electrons. The van der Waals surface area contributed by atoms with Crippen molar-refractivity contribution in [1.82, 2.24) is 9.38 Å². The summed E-state index contributed by atoms with van der Waals surface area (Å²) in [5.74, 6) is -0.410. The van der Waals surface area contributed by atoms with Gasteiger partial charge in [0.2, 0.25) is 0 Å². The Bertz CT molecular complexity index is 1260. The number of thiazole rings is 1. The minimum Gasteiger partial charge on any atom is -0.842 e. The van der Waals surface area contributed by atoms with E-state index in [9.17, 15) is 9.90 Å². The van der Waals surface area contributed by atoms with Crippen molar-refractivity contribution in [3.8, 4) is 5.88 Å². The lowest BCUT2D eigenvalue weighted by Gasteiger charge is -2.20. The van der Waals surface area contributed by atoms with E-state index in [0.29, 0.717) is 22.2 Å². The van der Waals surface area contributed by atoms with Gasteiger partial charge in [0.05, 0.1) is 22.5 Å². The van der Waals surface area contributed by atoms with Crippen molar-refractivity contribution in [3.05, 3.63) is 91.2 Å². The van der Waals surface area contributed by atoms with Crippen LogP contribution in [0.25, 0.3) is 5.65 Å². The number of hydrogen-bond acceptors (Lipinski definition) is 4. The quantitative estimate of drug-likeness (QED) is 0.489. The minimum absolute atomic E-state index is 0.176. The number of fused-ring (bicyclic) bond motifs is 2. The smallest absolute Gasteiger partial charge is 0.345 e. The van der Waals surface area contributed by atoms with E-state index in [2.05, 4.69) is 11.1 Å². The Morgan fingerprint density at radius 2 is 2.07 bits per heavy atom. The highest BCUT2D eigenvalue weighted by molar-refractivity contribution is 7.15. The normalized spacial score (nSPS) is 15.8. The second kappa shape index (κ2) is 6.72. The number of aromatic nitrogens is 3. The van der Waals surface area contributed by atoms with Crippen molar-refractivity contribution in [2.75, 3.05) is 0 Å². The van der Waals surface area contributed by atoms with Gasteiger partial charge in [-0.25, -0.2) is 14.3 Å². The van der Waals surface area contributed by atoms with Gasteiger partial charge in [0, 0.05) is 18.2 Å². The lowest BCUT2D eigenvalue weighted by Crippen LogP contribution is -2.45. The van der Waals surface area contributed by atoms with Crippen LogP contribution in [0.5, 0.6) is 5.88 Å². The van der Waals surface area contributed by atoms with Crippen LogP contribution in [0.15, 0.2) is 59.7 Å². The number of halogens is 1. The molecule has 3 heterocycles. The molecule has 5 rings (SSSR count). The summed E-state index contributed by atoms with van der Waals surface area (Å²) in [5, 5.41) is 13.5. The molecule has 1 unspecified atom stereocenters. The van der Waals surface area contributed by atoms with Crippen molar-refractivity contribution in [1.29, 1.82) is 0 Å². The van der Waals surface area contributed by atoms with Crippen molar-refractivity contribution >= 4 is 28.6 Å². The van der Waals surface area contributed by atoms with Crippen LogP contribution in [-0.2, 0) is 13.0 Å². The predicted molar refractivity (Wildman–Crippen MR) is 106 cm³/mol. The molecule has 0 amide bonds. The van der Waals surface area contributed by atoms with Crippen LogP contribution in [0.2, 0.25) is 4.47 Å². The first-order valence-electron chi connectivity index (χ1n) is 9.05. The number of aryl methyl sites for hydroxylation is 1. The molecule has 7 heteroatoms. The van der Waals surface area contributed by atoms with Crippen LogP contribution in [0, 0.1) is 0 Å². The first-order valence-corrected chi connectivity index (χ1v) is 10.2. The van der Waals surface area contributed by atoms with Crippen molar-refractivity contribution in [3.63, 3.8) is 0 Å². The summed E-state index contributed by atoms with van der Waals surface area (Å²) >= 11 is 7.30. The molecule has 1 atom stereocenters. The van der Waals surface area contributed by atoms with Crippen LogP contribution in [-0.4, -0.2) is 9.38 Å². The molecule has 5 nitrogen and oxygen atoms in total. The summed E-state index contributed by atoms with van der Waals surface area (Å²) in [6.07, 6.45) is 5.04. The van der Waals surface area contributed by atoms with Gasteiger partial charge < -0.3 is 5.11 Å². The zero-order chi connectivity index (χ0) is 19.3. The van der Waals surface area contributed by atoms with Gasteiger partial charge in [0.1, 0.15) is 6.54 Å². The van der Waals surface area contributed by atoms with E-state index < -0.39 is 0 Å². The highest BCUT2D eigenvalue weighted by Gasteiger charge is 2.31. The maximum atomic E-state index is 13.5. The first-order chi connectivity index (χ1) is 13.6. The Hall–Kier alpha value is -2.70. The third kappa shape index (κ3) is 2.72. The molecule has 0 aliphatic heterocycles. The summed E-state index contributed by atoms with van der Waals surface area (Å²) in [7, 11) is 0. The number of hydrogen-bond donors (Lipinski definition) is 0. The lowest BCUT2D eigenvalue weighted by molar-refractivity contribution is -0.709. The van der Waals surface area contributed by atoms with Gasteiger partial charge in [-0.05, 0) is 30.0 Å². The molecule has 1 aromatic carbocycles. The van der Waals surface area contributed by atoms with Gasteiger partial charge in [-0.1, -0.05) is 41.9 Å². The Morgan fingerprint density at radius 1 is 1.25 bits per heavy atom. The summed E-state index contributed by atoms with van der Waals surface area (Å²) in [5.41, 5.74) is 2.97. The summed E-state index contributed by atoms with van der Waals surface area (Å²) in [6.45, 7) is 0.332. The number of rotatable bonds is 3. The molecule has 0 spiro atoms. The number of pyridine rings is 1. The van der Waals surface area contributed by atoms with Crippen LogP contribution >= 0.6 is 22.9 Å². The van der Waals surface area contributed by atoms with Gasteiger partial charge in [0.25, 0.3) is 5.65 Å². The van der Waals surface area contributed by atoms with Gasteiger partial charge in [-0.3, -0.25) is 0 Å². The predicted octanol–water partition coefficient (Wildman–Crippen LogP) is 2.90. The van der Waals surface area contributed by atoms with E-state index in [0.717, 1.165) is 23.3 Å². The standard InChI is InChI=1S/C21H16ClN3O2S/c22-21-23-11-14(28-21)12-25-17-7-3-4-10-24(17)19(26)18(20(25)27)16-9-8-13-5-1-2-6-15(13)16/h1-7,10-11,16H,8-9,12H2. The Balaban J connectivity index is 1.75. The third-order valence-electron chi connectivity index (χ3n) is 5.36. The molecule has 0 saturated carbocycles. The van der Waals surface area contributed by atoms with Crippen LogP contribution in [0.3, 0.4) is 0 Å². The van der Waals surface area contributed by atoms with Crippen LogP contribution in [0.4, 0.5) is 0 Å². The topological polar surface area (TPSA) is 61.3 Å². The highest BCUT2D eigenvalue weighted by Crippen LogP contribution is 2.38. The summed E-state index contributed by atoms with van der Waals surface area (Å²) < 4.78 is 3.66. The van der Waals surface area contributed by atoms with E-state index in [1.807, 2.05) is 24.3 Å². The molecule has 0 saturated heterocycles. The zero-order valence-electron chi connectivity index (χ0n) is 14.8. The monoisotopic (exact) mass is 409 g/mol. The van der Waals surface area contributed by atoms with E-state index in [1.165, 1.54) is 16.9 Å². The van der Waals surface area contributed by atoms with Crippen molar-refractivity contribution in [2.45, 2.75) is 25.3 Å². The number of benzene rings is 1. The Kier molecular flexibility index (Phi) is 4.18. The van der Waals surface area contributed by atoms with Crippen LogP contribution in [0.1, 0.15) is 33.9 Å². The molecule has 0 N–H and O–H groups in total. The molecular formula is C21H16ClN3O2S. The second-order valence-electron chi connectivity index (χ2n) is 6.91. The Labute approximate surface area is 170 Å². The van der Waals surface area contributed by atoms with Gasteiger partial charge in [-0.2, -0.15) is 4.40 Å². The zero-order valence-corrected chi connectivity index (χ0v) is 16.4. The number of nitrogens with zero attached hydrogens (tertiary/aromatic N) is 3. The Morgan fingerprint density at radius 3 is 2.89 bits per heavy atom. The maximum absolute atomic E-state index is 13.5. The second-order valence-corrected chi connectivity index (χ2v) is 8.61. The molecule has 0 bridgehead atoms. The molecule has 28 heavy (non-hydrogen) atoms. The fraction of sp³-hybridized carbons (Fsp3) is 0.190. The maximum Gasteiger partial charge on any atom is 0.345 e. The molecule has 3 aromatic heterocycles. The average Bonchev–Trinajstić information content (AvgIpc) is 3.32.